The number of hydrogen-bond donors (Lipinski definition) is 2. The Hall–Kier alpha value is -2.44. The first-order chi connectivity index (χ1) is 11.5. The van der Waals surface area contributed by atoms with E-state index in [0.29, 0.717) is 22.2 Å². The summed E-state index contributed by atoms with van der Waals surface area (Å²) in [4.78, 5) is 23.4. The van der Waals surface area contributed by atoms with Gasteiger partial charge in [0.2, 0.25) is 0 Å². The van der Waals surface area contributed by atoms with Crippen molar-refractivity contribution in [1.82, 2.24) is 5.32 Å². The molecule has 0 saturated heterocycles. The number of rotatable bonds is 5. The van der Waals surface area contributed by atoms with Gasteiger partial charge in [0.05, 0.1) is 12.1 Å². The molecule has 0 aliphatic rings. The smallest absolute Gasteiger partial charge is 0.325 e. The van der Waals surface area contributed by atoms with Crippen LogP contribution in [0.25, 0.3) is 0 Å². The highest BCUT2D eigenvalue weighted by Gasteiger charge is 2.10. The Bertz CT molecular complexity index is 735. The van der Waals surface area contributed by atoms with Crippen LogP contribution in [0.15, 0.2) is 42.5 Å². The molecule has 0 radical (unpaired) electrons. The van der Waals surface area contributed by atoms with Gasteiger partial charge in [0.15, 0.2) is 6.61 Å². The fraction of sp³-hybridized carbons (Fsp3) is 0.125. The topological polar surface area (TPSA) is 76.7 Å². The molecule has 0 aromatic heterocycles. The maximum atomic E-state index is 11.7. The minimum absolute atomic E-state index is 0.276. The summed E-state index contributed by atoms with van der Waals surface area (Å²) < 4.78 is 10.2. The van der Waals surface area contributed by atoms with Gasteiger partial charge in [-0.15, -0.1) is 0 Å². The maximum absolute atomic E-state index is 11.7. The third-order valence-corrected chi connectivity index (χ3v) is 3.38. The van der Waals surface area contributed by atoms with Gasteiger partial charge in [-0.05, 0) is 42.5 Å². The number of nitrogens with one attached hydrogen (secondary N) is 2. The molecule has 2 N–H and O–H groups in total. The van der Waals surface area contributed by atoms with Crippen LogP contribution in [0.4, 0.5) is 10.5 Å². The Labute approximate surface area is 148 Å². The van der Waals surface area contributed by atoms with Gasteiger partial charge in [-0.1, -0.05) is 23.2 Å². The van der Waals surface area contributed by atoms with E-state index in [2.05, 4.69) is 10.6 Å². The normalized spacial score (nSPS) is 9.96. The van der Waals surface area contributed by atoms with Crippen molar-refractivity contribution in [2.45, 2.75) is 0 Å². The van der Waals surface area contributed by atoms with Crippen molar-refractivity contribution in [2.24, 2.45) is 0 Å². The van der Waals surface area contributed by atoms with Gasteiger partial charge in [-0.2, -0.15) is 0 Å². The van der Waals surface area contributed by atoms with E-state index in [4.69, 9.17) is 32.7 Å². The molecule has 0 unspecified atom stereocenters. The highest BCUT2D eigenvalue weighted by Crippen LogP contribution is 2.27. The largest absolute Gasteiger partial charge is 0.497 e. The predicted molar refractivity (Wildman–Crippen MR) is 92.1 cm³/mol. The lowest BCUT2D eigenvalue weighted by molar-refractivity contribution is -0.121. The molecule has 2 rings (SSSR count). The molecular weight excluding hydrogens is 355 g/mol. The number of ether oxygens (including phenoxy) is 2. The van der Waals surface area contributed by atoms with Crippen LogP contribution in [0.5, 0.6) is 11.5 Å². The van der Waals surface area contributed by atoms with Crippen LogP contribution >= 0.6 is 23.2 Å². The number of imide groups is 1. The number of methoxy groups -OCH3 is 1. The Morgan fingerprint density at radius 3 is 2.42 bits per heavy atom. The molecule has 0 aliphatic carbocycles. The Morgan fingerprint density at radius 2 is 1.79 bits per heavy atom. The van der Waals surface area contributed by atoms with Crippen molar-refractivity contribution in [1.29, 1.82) is 0 Å². The monoisotopic (exact) mass is 368 g/mol. The second-order valence-electron chi connectivity index (χ2n) is 4.59. The summed E-state index contributed by atoms with van der Waals surface area (Å²) in [6, 6.07) is 10.6. The molecule has 3 amide bonds. The van der Waals surface area contributed by atoms with E-state index in [1.165, 1.54) is 12.1 Å². The zero-order valence-electron chi connectivity index (χ0n) is 12.6. The van der Waals surface area contributed by atoms with Crippen LogP contribution in [-0.4, -0.2) is 25.7 Å². The first-order valence-electron chi connectivity index (χ1n) is 6.80. The Morgan fingerprint density at radius 1 is 1.08 bits per heavy atom. The standard InChI is InChI=1S/C16H14Cl2N2O4/c1-23-12-5-3-11(4-6-12)19-16(22)20-15(21)9-24-14-7-2-10(17)8-13(14)18/h2-8H,9H2,1H3,(H2,19,20,21,22). The molecule has 0 aliphatic heterocycles. The molecule has 0 heterocycles. The SMILES string of the molecule is COc1ccc(NC(=O)NC(=O)COc2ccc(Cl)cc2Cl)cc1. The Kier molecular flexibility index (Phi) is 6.28. The van der Waals surface area contributed by atoms with Gasteiger partial charge < -0.3 is 14.8 Å². The number of carbonyl (C=O) groups is 2. The third kappa shape index (κ3) is 5.33. The summed E-state index contributed by atoms with van der Waals surface area (Å²) in [5, 5.41) is 5.39. The molecule has 6 nitrogen and oxygen atoms in total. The maximum Gasteiger partial charge on any atom is 0.325 e. The van der Waals surface area contributed by atoms with Gasteiger partial charge in [0.25, 0.3) is 5.91 Å². The van der Waals surface area contributed by atoms with Crippen molar-refractivity contribution in [3.8, 4) is 11.5 Å². The van der Waals surface area contributed by atoms with E-state index in [0.717, 1.165) is 0 Å². The van der Waals surface area contributed by atoms with Gasteiger partial charge in [-0.25, -0.2) is 4.79 Å². The summed E-state index contributed by atoms with van der Waals surface area (Å²) in [6.45, 7) is -0.364. The average Bonchev–Trinajstić information content (AvgIpc) is 2.54. The minimum atomic E-state index is -0.670. The number of carbonyl (C=O) groups excluding carboxylic acids is 2. The van der Waals surface area contributed by atoms with Crippen molar-refractivity contribution in [2.75, 3.05) is 19.0 Å². The van der Waals surface area contributed by atoms with Gasteiger partial charge >= 0.3 is 6.03 Å². The molecule has 0 bridgehead atoms. The summed E-state index contributed by atoms with van der Waals surface area (Å²) in [5.74, 6) is 0.337. The van der Waals surface area contributed by atoms with Gasteiger partial charge in [-0.3, -0.25) is 10.1 Å². The summed E-state index contributed by atoms with van der Waals surface area (Å²) in [5.41, 5.74) is 0.516. The van der Waals surface area contributed by atoms with Crippen molar-refractivity contribution in [3.05, 3.63) is 52.5 Å². The zero-order chi connectivity index (χ0) is 17.5. The number of urea groups is 1. The van der Waals surface area contributed by atoms with E-state index in [9.17, 15) is 9.59 Å². The molecule has 126 valence electrons. The molecule has 0 saturated carbocycles. The number of hydrogen-bond acceptors (Lipinski definition) is 4. The van der Waals surface area contributed by atoms with E-state index in [-0.39, 0.29) is 11.6 Å². The third-order valence-electron chi connectivity index (χ3n) is 2.85. The Balaban J connectivity index is 1.81. The van der Waals surface area contributed by atoms with Gasteiger partial charge in [0, 0.05) is 10.7 Å². The lowest BCUT2D eigenvalue weighted by atomic mass is 10.3. The van der Waals surface area contributed by atoms with Gasteiger partial charge in [0.1, 0.15) is 11.5 Å². The lowest BCUT2D eigenvalue weighted by Gasteiger charge is -2.09. The second kappa shape index (κ2) is 8.42. The van der Waals surface area contributed by atoms with Crippen LogP contribution in [0.3, 0.4) is 0 Å². The van der Waals surface area contributed by atoms with Crippen molar-refractivity contribution in [3.63, 3.8) is 0 Å². The molecule has 0 atom stereocenters. The quantitative estimate of drug-likeness (QED) is 0.842. The van der Waals surface area contributed by atoms with Crippen LogP contribution in [0.2, 0.25) is 10.0 Å². The molecule has 0 fully saturated rings. The molecule has 8 heteroatoms. The number of anilines is 1. The zero-order valence-corrected chi connectivity index (χ0v) is 14.1. The van der Waals surface area contributed by atoms with E-state index in [1.54, 1.807) is 37.4 Å². The molecule has 2 aromatic rings. The summed E-state index contributed by atoms with van der Waals surface area (Å²) in [7, 11) is 1.54. The highest BCUT2D eigenvalue weighted by molar-refractivity contribution is 6.35. The fourth-order valence-corrected chi connectivity index (χ4v) is 2.20. The van der Waals surface area contributed by atoms with Crippen molar-refractivity contribution >= 4 is 40.8 Å². The van der Waals surface area contributed by atoms with Crippen LogP contribution in [-0.2, 0) is 4.79 Å². The van der Waals surface area contributed by atoms with E-state index in [1.807, 2.05) is 0 Å². The first kappa shape index (κ1) is 17.9. The molecule has 2 aromatic carbocycles. The number of benzene rings is 2. The fourth-order valence-electron chi connectivity index (χ4n) is 1.73. The molecule has 0 spiro atoms. The molecule has 24 heavy (non-hydrogen) atoms. The van der Waals surface area contributed by atoms with Crippen molar-refractivity contribution < 1.29 is 19.1 Å². The second-order valence-corrected chi connectivity index (χ2v) is 5.44. The highest BCUT2D eigenvalue weighted by atomic mass is 35.5. The number of amides is 3. The number of halogens is 2. The van der Waals surface area contributed by atoms with Crippen LogP contribution in [0.1, 0.15) is 0 Å². The predicted octanol–water partition coefficient (Wildman–Crippen LogP) is 3.73. The first-order valence-corrected chi connectivity index (χ1v) is 7.56. The van der Waals surface area contributed by atoms with E-state index < -0.39 is 11.9 Å². The summed E-state index contributed by atoms with van der Waals surface area (Å²) >= 11 is 11.7. The molecular formula is C16H14Cl2N2O4. The average molecular weight is 369 g/mol. The van der Waals surface area contributed by atoms with Crippen LogP contribution in [0, 0.1) is 0 Å². The van der Waals surface area contributed by atoms with Crippen LogP contribution < -0.4 is 20.1 Å². The minimum Gasteiger partial charge on any atom is -0.497 e. The lowest BCUT2D eigenvalue weighted by Crippen LogP contribution is -2.37. The van der Waals surface area contributed by atoms with E-state index >= 15 is 0 Å². The summed E-state index contributed by atoms with van der Waals surface area (Å²) in [6.07, 6.45) is 0.